The van der Waals surface area contributed by atoms with Gasteiger partial charge in [0.2, 0.25) is 5.95 Å². The minimum atomic E-state index is 0.615. The molecule has 0 aliphatic heterocycles. The van der Waals surface area contributed by atoms with Crippen LogP contribution in [-0.4, -0.2) is 23.1 Å². The standard InChI is InChI=1S/C12H18BrN3/c1-16(11-6-4-2-3-5-7-11)12-14-8-10(13)9-15-12/h8-9,11H,2-7H2,1H3. The molecule has 2 rings (SSSR count). The lowest BCUT2D eigenvalue weighted by Crippen LogP contribution is -2.32. The summed E-state index contributed by atoms with van der Waals surface area (Å²) in [6.45, 7) is 0. The van der Waals surface area contributed by atoms with E-state index in [1.165, 1.54) is 38.5 Å². The smallest absolute Gasteiger partial charge is 0.225 e. The molecule has 0 bridgehead atoms. The predicted octanol–water partition coefficient (Wildman–Crippen LogP) is 3.40. The van der Waals surface area contributed by atoms with Gasteiger partial charge in [-0.25, -0.2) is 9.97 Å². The van der Waals surface area contributed by atoms with Gasteiger partial charge in [0, 0.05) is 25.5 Å². The molecule has 1 aliphatic rings. The molecule has 16 heavy (non-hydrogen) atoms. The number of rotatable bonds is 2. The third kappa shape index (κ3) is 2.94. The fraction of sp³-hybridized carbons (Fsp3) is 0.667. The van der Waals surface area contributed by atoms with Crippen LogP contribution in [-0.2, 0) is 0 Å². The SMILES string of the molecule is CN(c1ncc(Br)cn1)C1CCCCCC1. The number of hydrogen-bond acceptors (Lipinski definition) is 3. The third-order valence-corrected chi connectivity index (χ3v) is 3.70. The molecule has 3 nitrogen and oxygen atoms in total. The van der Waals surface area contributed by atoms with E-state index in [0.717, 1.165) is 10.4 Å². The minimum Gasteiger partial charge on any atom is -0.341 e. The summed E-state index contributed by atoms with van der Waals surface area (Å²) in [5.74, 6) is 0.843. The van der Waals surface area contributed by atoms with Crippen molar-refractivity contribution in [3.63, 3.8) is 0 Å². The van der Waals surface area contributed by atoms with Gasteiger partial charge in [0.25, 0.3) is 0 Å². The lowest BCUT2D eigenvalue weighted by molar-refractivity contribution is 0.544. The second-order valence-electron chi connectivity index (χ2n) is 4.46. The lowest BCUT2D eigenvalue weighted by atomic mass is 10.1. The van der Waals surface area contributed by atoms with Gasteiger partial charge in [-0.1, -0.05) is 25.7 Å². The molecule has 0 unspecified atom stereocenters. The topological polar surface area (TPSA) is 29.0 Å². The Bertz CT molecular complexity index is 318. The highest BCUT2D eigenvalue weighted by Gasteiger charge is 2.18. The van der Waals surface area contributed by atoms with Crippen LogP contribution in [0.25, 0.3) is 0 Å². The molecule has 0 saturated heterocycles. The molecule has 4 heteroatoms. The van der Waals surface area contributed by atoms with E-state index in [1.54, 1.807) is 0 Å². The first-order valence-electron chi connectivity index (χ1n) is 5.98. The summed E-state index contributed by atoms with van der Waals surface area (Å²) < 4.78 is 0.936. The summed E-state index contributed by atoms with van der Waals surface area (Å²) >= 11 is 3.36. The number of hydrogen-bond donors (Lipinski definition) is 0. The van der Waals surface area contributed by atoms with Crippen molar-refractivity contribution in [3.05, 3.63) is 16.9 Å². The van der Waals surface area contributed by atoms with Crippen molar-refractivity contribution in [2.75, 3.05) is 11.9 Å². The van der Waals surface area contributed by atoms with Gasteiger partial charge < -0.3 is 4.90 Å². The molecule has 0 aromatic carbocycles. The first-order chi connectivity index (χ1) is 7.77. The first-order valence-corrected chi connectivity index (χ1v) is 6.77. The summed E-state index contributed by atoms with van der Waals surface area (Å²) in [6, 6.07) is 0.615. The summed E-state index contributed by atoms with van der Waals surface area (Å²) in [6.07, 6.45) is 11.6. The van der Waals surface area contributed by atoms with Gasteiger partial charge >= 0.3 is 0 Å². The zero-order chi connectivity index (χ0) is 11.4. The molecule has 0 N–H and O–H groups in total. The lowest BCUT2D eigenvalue weighted by Gasteiger charge is -2.26. The van der Waals surface area contributed by atoms with E-state index in [-0.39, 0.29) is 0 Å². The van der Waals surface area contributed by atoms with Crippen LogP contribution in [0.4, 0.5) is 5.95 Å². The van der Waals surface area contributed by atoms with E-state index in [1.807, 2.05) is 12.4 Å². The van der Waals surface area contributed by atoms with Crippen molar-refractivity contribution in [2.24, 2.45) is 0 Å². The molecule has 1 fully saturated rings. The van der Waals surface area contributed by atoms with Gasteiger partial charge in [-0.3, -0.25) is 0 Å². The van der Waals surface area contributed by atoms with E-state index in [0.29, 0.717) is 6.04 Å². The molecule has 0 spiro atoms. The van der Waals surface area contributed by atoms with E-state index in [9.17, 15) is 0 Å². The van der Waals surface area contributed by atoms with Gasteiger partial charge in [0.15, 0.2) is 0 Å². The van der Waals surface area contributed by atoms with Gasteiger partial charge in [-0.15, -0.1) is 0 Å². The Morgan fingerprint density at radius 3 is 2.25 bits per heavy atom. The fourth-order valence-electron chi connectivity index (χ4n) is 2.30. The molecule has 1 heterocycles. The zero-order valence-corrected chi connectivity index (χ0v) is 11.3. The number of halogens is 1. The summed E-state index contributed by atoms with van der Waals surface area (Å²) in [7, 11) is 2.11. The largest absolute Gasteiger partial charge is 0.341 e. The first kappa shape index (κ1) is 11.8. The fourth-order valence-corrected chi connectivity index (χ4v) is 2.50. The highest BCUT2D eigenvalue weighted by Crippen LogP contribution is 2.23. The number of aromatic nitrogens is 2. The van der Waals surface area contributed by atoms with Gasteiger partial charge in [-0.2, -0.15) is 0 Å². The zero-order valence-electron chi connectivity index (χ0n) is 9.69. The molecule has 0 radical (unpaired) electrons. The Labute approximate surface area is 105 Å². The maximum atomic E-state index is 4.35. The quantitative estimate of drug-likeness (QED) is 0.779. The van der Waals surface area contributed by atoms with E-state index >= 15 is 0 Å². The van der Waals surface area contributed by atoms with Crippen LogP contribution in [0.5, 0.6) is 0 Å². The van der Waals surface area contributed by atoms with Crippen LogP contribution in [0.1, 0.15) is 38.5 Å². The Balaban J connectivity index is 2.04. The number of nitrogens with zero attached hydrogens (tertiary/aromatic N) is 3. The van der Waals surface area contributed by atoms with Crippen LogP contribution >= 0.6 is 15.9 Å². The second-order valence-corrected chi connectivity index (χ2v) is 5.37. The Morgan fingerprint density at radius 1 is 1.12 bits per heavy atom. The Kier molecular flexibility index (Phi) is 4.16. The van der Waals surface area contributed by atoms with Crippen LogP contribution in [0, 0.1) is 0 Å². The summed E-state index contributed by atoms with van der Waals surface area (Å²) in [4.78, 5) is 10.9. The molecule has 0 atom stereocenters. The molecule has 1 aromatic heterocycles. The van der Waals surface area contributed by atoms with Gasteiger partial charge in [0.1, 0.15) is 0 Å². The van der Waals surface area contributed by atoms with Crippen LogP contribution in [0.3, 0.4) is 0 Å². The van der Waals surface area contributed by atoms with E-state index < -0.39 is 0 Å². The van der Waals surface area contributed by atoms with Crippen molar-refractivity contribution in [1.82, 2.24) is 9.97 Å². The normalized spacial score (nSPS) is 18.1. The maximum absolute atomic E-state index is 4.35. The average molecular weight is 284 g/mol. The summed E-state index contributed by atoms with van der Waals surface area (Å²) in [5, 5.41) is 0. The van der Waals surface area contributed by atoms with Crippen molar-refractivity contribution >= 4 is 21.9 Å². The Hall–Kier alpha value is -0.640. The number of anilines is 1. The van der Waals surface area contributed by atoms with Crippen LogP contribution in [0.2, 0.25) is 0 Å². The molecular weight excluding hydrogens is 266 g/mol. The van der Waals surface area contributed by atoms with E-state index in [4.69, 9.17) is 0 Å². The second kappa shape index (κ2) is 5.62. The van der Waals surface area contributed by atoms with E-state index in [2.05, 4.69) is 37.8 Å². The molecule has 88 valence electrons. The summed E-state index contributed by atoms with van der Waals surface area (Å²) in [5.41, 5.74) is 0. The average Bonchev–Trinajstić information content (AvgIpc) is 2.57. The maximum Gasteiger partial charge on any atom is 0.225 e. The van der Waals surface area contributed by atoms with Crippen LogP contribution < -0.4 is 4.90 Å². The minimum absolute atomic E-state index is 0.615. The molecule has 1 aliphatic carbocycles. The van der Waals surface area contributed by atoms with Crippen molar-refractivity contribution in [2.45, 2.75) is 44.6 Å². The van der Waals surface area contributed by atoms with Gasteiger partial charge in [-0.05, 0) is 28.8 Å². The third-order valence-electron chi connectivity index (χ3n) is 3.29. The van der Waals surface area contributed by atoms with Crippen molar-refractivity contribution in [3.8, 4) is 0 Å². The van der Waals surface area contributed by atoms with Crippen molar-refractivity contribution in [1.29, 1.82) is 0 Å². The molecular formula is C12H18BrN3. The van der Waals surface area contributed by atoms with Gasteiger partial charge in [0.05, 0.1) is 4.47 Å². The molecule has 0 amide bonds. The predicted molar refractivity (Wildman–Crippen MR) is 69.6 cm³/mol. The van der Waals surface area contributed by atoms with Crippen LogP contribution in [0.15, 0.2) is 16.9 Å². The highest BCUT2D eigenvalue weighted by atomic mass is 79.9. The Morgan fingerprint density at radius 2 is 1.69 bits per heavy atom. The molecule has 1 saturated carbocycles. The van der Waals surface area contributed by atoms with Crippen molar-refractivity contribution < 1.29 is 0 Å². The molecule has 1 aromatic rings. The monoisotopic (exact) mass is 283 g/mol. The highest BCUT2D eigenvalue weighted by molar-refractivity contribution is 9.10.